The molecule has 2 aromatic heterocycles. The van der Waals surface area contributed by atoms with Gasteiger partial charge in [-0.05, 0) is 29.8 Å². The fourth-order valence-electron chi connectivity index (χ4n) is 3.14. The highest BCUT2D eigenvalue weighted by Crippen LogP contribution is 2.26. The minimum atomic E-state index is 0.0332. The Balaban J connectivity index is 1.63. The van der Waals surface area contributed by atoms with Crippen molar-refractivity contribution in [1.82, 2.24) is 24.6 Å². The van der Waals surface area contributed by atoms with E-state index in [1.165, 1.54) is 0 Å². The number of benzene rings is 1. The first-order valence-electron chi connectivity index (χ1n) is 8.29. The van der Waals surface area contributed by atoms with Crippen molar-refractivity contribution in [3.05, 3.63) is 66.4 Å². The van der Waals surface area contributed by atoms with Crippen LogP contribution in [0.4, 0.5) is 5.82 Å². The summed E-state index contributed by atoms with van der Waals surface area (Å²) in [5.74, 6) is 1.42. The van der Waals surface area contributed by atoms with Crippen molar-refractivity contribution >= 4 is 5.82 Å². The van der Waals surface area contributed by atoms with Crippen LogP contribution in [0.3, 0.4) is 0 Å². The highest BCUT2D eigenvalue weighted by Gasteiger charge is 2.29. The minimum absolute atomic E-state index is 0.0332. The van der Waals surface area contributed by atoms with Gasteiger partial charge in [-0.25, -0.2) is 14.6 Å². The molecule has 2 N–H and O–H groups in total. The molecule has 1 aliphatic heterocycles. The van der Waals surface area contributed by atoms with Gasteiger partial charge in [-0.3, -0.25) is 4.90 Å². The molecule has 0 saturated carbocycles. The van der Waals surface area contributed by atoms with Gasteiger partial charge in [0.25, 0.3) is 0 Å². The number of para-hydroxylation sites is 1. The lowest BCUT2D eigenvalue weighted by atomic mass is 10.1. The van der Waals surface area contributed by atoms with Gasteiger partial charge in [-0.15, -0.1) is 0 Å². The molecule has 0 amide bonds. The molecule has 4 rings (SSSR count). The molecule has 3 aromatic rings. The summed E-state index contributed by atoms with van der Waals surface area (Å²) in [6, 6.07) is 14.0. The van der Waals surface area contributed by atoms with E-state index >= 15 is 0 Å². The van der Waals surface area contributed by atoms with Crippen LogP contribution in [-0.2, 0) is 11.3 Å². The van der Waals surface area contributed by atoms with Crippen LogP contribution in [0.25, 0.3) is 5.69 Å². The highest BCUT2D eigenvalue weighted by molar-refractivity contribution is 5.33. The first kappa shape index (κ1) is 15.7. The lowest BCUT2D eigenvalue weighted by Gasteiger charge is -2.35. The van der Waals surface area contributed by atoms with Crippen LogP contribution < -0.4 is 5.73 Å². The monoisotopic (exact) mass is 336 g/mol. The third kappa shape index (κ3) is 3.38. The average molecular weight is 336 g/mol. The second-order valence-electron chi connectivity index (χ2n) is 6.02. The molecule has 128 valence electrons. The van der Waals surface area contributed by atoms with Crippen molar-refractivity contribution in [1.29, 1.82) is 0 Å². The molecule has 0 radical (unpaired) electrons. The fraction of sp³-hybridized carbons (Fsp3) is 0.278. The van der Waals surface area contributed by atoms with Gasteiger partial charge in [-0.1, -0.05) is 18.2 Å². The summed E-state index contributed by atoms with van der Waals surface area (Å²) in [4.78, 5) is 10.9. The van der Waals surface area contributed by atoms with Crippen molar-refractivity contribution in [3.63, 3.8) is 0 Å². The lowest BCUT2D eigenvalue weighted by Crippen LogP contribution is -2.40. The Kier molecular flexibility index (Phi) is 4.41. The summed E-state index contributed by atoms with van der Waals surface area (Å²) in [5, 5.41) is 4.41. The molecule has 7 nitrogen and oxygen atoms in total. The summed E-state index contributed by atoms with van der Waals surface area (Å²) in [7, 11) is 0. The summed E-state index contributed by atoms with van der Waals surface area (Å²) in [6.45, 7) is 2.89. The predicted molar refractivity (Wildman–Crippen MR) is 94.0 cm³/mol. The summed E-state index contributed by atoms with van der Waals surface area (Å²) < 4.78 is 7.61. The van der Waals surface area contributed by atoms with Crippen molar-refractivity contribution in [3.8, 4) is 5.69 Å². The van der Waals surface area contributed by atoms with E-state index in [2.05, 4.69) is 20.0 Å². The summed E-state index contributed by atoms with van der Waals surface area (Å²) in [5.41, 5.74) is 7.94. The number of aromatic nitrogens is 4. The van der Waals surface area contributed by atoms with Gasteiger partial charge in [0.2, 0.25) is 0 Å². The molecule has 1 fully saturated rings. The van der Waals surface area contributed by atoms with Gasteiger partial charge < -0.3 is 10.5 Å². The van der Waals surface area contributed by atoms with Gasteiger partial charge in [0.1, 0.15) is 12.1 Å². The molecule has 0 aliphatic carbocycles. The second kappa shape index (κ2) is 7.00. The molecule has 1 aromatic carbocycles. The maximum Gasteiger partial charge on any atom is 0.151 e. The van der Waals surface area contributed by atoms with Crippen molar-refractivity contribution in [2.45, 2.75) is 12.6 Å². The van der Waals surface area contributed by atoms with E-state index in [4.69, 9.17) is 10.5 Å². The number of rotatable bonds is 4. The first-order valence-corrected chi connectivity index (χ1v) is 8.29. The van der Waals surface area contributed by atoms with Crippen molar-refractivity contribution < 1.29 is 4.74 Å². The molecule has 0 bridgehead atoms. The predicted octanol–water partition coefficient (Wildman–Crippen LogP) is 1.82. The molecule has 1 saturated heterocycles. The van der Waals surface area contributed by atoms with E-state index in [1.807, 2.05) is 47.1 Å². The molecule has 25 heavy (non-hydrogen) atoms. The zero-order valence-corrected chi connectivity index (χ0v) is 13.8. The topological polar surface area (TPSA) is 82.1 Å². The quantitative estimate of drug-likeness (QED) is 0.782. The molecular weight excluding hydrogens is 316 g/mol. The third-order valence-corrected chi connectivity index (χ3v) is 4.34. The van der Waals surface area contributed by atoms with Gasteiger partial charge in [0, 0.05) is 19.3 Å². The number of nitrogen functional groups attached to an aromatic ring is 1. The first-order chi connectivity index (χ1) is 12.3. The van der Waals surface area contributed by atoms with E-state index < -0.39 is 0 Å². The van der Waals surface area contributed by atoms with Crippen LogP contribution in [0.1, 0.15) is 17.4 Å². The molecule has 3 heterocycles. The van der Waals surface area contributed by atoms with E-state index in [-0.39, 0.29) is 6.04 Å². The maximum absolute atomic E-state index is 5.81. The Hall–Kier alpha value is -2.77. The zero-order chi connectivity index (χ0) is 17.1. The second-order valence-corrected chi connectivity index (χ2v) is 6.02. The fourth-order valence-corrected chi connectivity index (χ4v) is 3.14. The summed E-state index contributed by atoms with van der Waals surface area (Å²) in [6.07, 6.45) is 3.34. The molecule has 1 atom stereocenters. The minimum Gasteiger partial charge on any atom is -0.384 e. The molecular formula is C18H20N6O. The number of hydrogen-bond acceptors (Lipinski definition) is 6. The van der Waals surface area contributed by atoms with E-state index in [1.54, 1.807) is 12.5 Å². The largest absolute Gasteiger partial charge is 0.384 e. The van der Waals surface area contributed by atoms with E-state index in [0.29, 0.717) is 19.0 Å². The standard InChI is InChI=1S/C18H20N6O/c19-17-10-14(6-7-20-17)11-23-8-9-25-12-16(23)18-21-13-22-24(18)15-4-2-1-3-5-15/h1-7,10,13,16H,8-9,11-12H2,(H2,19,20)/t16-/m0/s1. The molecule has 7 heteroatoms. The number of pyridine rings is 1. The smallest absolute Gasteiger partial charge is 0.151 e. The maximum atomic E-state index is 5.81. The van der Waals surface area contributed by atoms with Crippen LogP contribution in [0, 0.1) is 0 Å². The van der Waals surface area contributed by atoms with Crippen LogP contribution >= 0.6 is 0 Å². The third-order valence-electron chi connectivity index (χ3n) is 4.34. The average Bonchev–Trinajstić information content (AvgIpc) is 3.12. The number of anilines is 1. The Labute approximate surface area is 146 Å². The van der Waals surface area contributed by atoms with Gasteiger partial charge >= 0.3 is 0 Å². The van der Waals surface area contributed by atoms with Gasteiger partial charge in [0.15, 0.2) is 5.82 Å². The Bertz CT molecular complexity index is 834. The van der Waals surface area contributed by atoms with Crippen LogP contribution in [0.2, 0.25) is 0 Å². The van der Waals surface area contributed by atoms with E-state index in [9.17, 15) is 0 Å². The normalized spacial score (nSPS) is 18.3. The van der Waals surface area contributed by atoms with Crippen LogP contribution in [0.15, 0.2) is 55.0 Å². The van der Waals surface area contributed by atoms with Gasteiger partial charge in [-0.2, -0.15) is 5.10 Å². The van der Waals surface area contributed by atoms with E-state index in [0.717, 1.165) is 30.2 Å². The number of nitrogens with zero attached hydrogens (tertiary/aromatic N) is 5. The number of ether oxygens (including phenoxy) is 1. The van der Waals surface area contributed by atoms with Crippen LogP contribution in [0.5, 0.6) is 0 Å². The number of nitrogens with two attached hydrogens (primary N) is 1. The highest BCUT2D eigenvalue weighted by atomic mass is 16.5. The van der Waals surface area contributed by atoms with Crippen molar-refractivity contribution in [2.75, 3.05) is 25.5 Å². The van der Waals surface area contributed by atoms with Crippen molar-refractivity contribution in [2.24, 2.45) is 0 Å². The Morgan fingerprint density at radius 2 is 2.04 bits per heavy atom. The molecule has 1 aliphatic rings. The zero-order valence-electron chi connectivity index (χ0n) is 13.8. The molecule has 0 spiro atoms. The van der Waals surface area contributed by atoms with Crippen LogP contribution in [-0.4, -0.2) is 44.4 Å². The summed E-state index contributed by atoms with van der Waals surface area (Å²) >= 11 is 0. The Morgan fingerprint density at radius 3 is 2.88 bits per heavy atom. The SMILES string of the molecule is Nc1cc(CN2CCOC[C@H]2c2ncnn2-c2ccccc2)ccn1. The number of hydrogen-bond donors (Lipinski definition) is 1. The number of morpholine rings is 1. The molecule has 0 unspecified atom stereocenters. The van der Waals surface area contributed by atoms with Gasteiger partial charge in [0.05, 0.1) is 24.9 Å². The Morgan fingerprint density at radius 1 is 1.16 bits per heavy atom. The lowest BCUT2D eigenvalue weighted by molar-refractivity contribution is -0.0166.